The van der Waals surface area contributed by atoms with Crippen LogP contribution < -0.4 is 11.1 Å². The summed E-state index contributed by atoms with van der Waals surface area (Å²) in [6.07, 6.45) is 2.84. The predicted octanol–water partition coefficient (Wildman–Crippen LogP) is 2.93. The Morgan fingerprint density at radius 2 is 1.89 bits per heavy atom. The molecule has 0 fully saturated rings. The summed E-state index contributed by atoms with van der Waals surface area (Å²) in [6.45, 7) is 1.79. The van der Waals surface area contributed by atoms with Gasteiger partial charge in [0.05, 0.1) is 29.3 Å². The van der Waals surface area contributed by atoms with Crippen LogP contribution in [0.2, 0.25) is 10.3 Å². The third-order valence-electron chi connectivity index (χ3n) is 2.38. The van der Waals surface area contributed by atoms with Gasteiger partial charge in [-0.1, -0.05) is 23.2 Å². The number of anilines is 2. The van der Waals surface area contributed by atoms with Gasteiger partial charge in [-0.15, -0.1) is 0 Å². The molecule has 2 aromatic heterocycles. The molecule has 0 bridgehead atoms. The minimum absolute atomic E-state index is 0.0883. The third-order valence-corrected chi connectivity index (χ3v) is 3.07. The summed E-state index contributed by atoms with van der Waals surface area (Å²) in [4.78, 5) is 19.8. The lowest BCUT2D eigenvalue weighted by atomic mass is 10.2. The van der Waals surface area contributed by atoms with Crippen LogP contribution in [0.5, 0.6) is 0 Å². The van der Waals surface area contributed by atoms with E-state index in [2.05, 4.69) is 15.3 Å². The number of carbonyl (C=O) groups is 1. The van der Waals surface area contributed by atoms with E-state index in [0.29, 0.717) is 16.5 Å². The Kier molecular flexibility index (Phi) is 3.87. The van der Waals surface area contributed by atoms with Gasteiger partial charge in [-0.3, -0.25) is 4.79 Å². The van der Waals surface area contributed by atoms with Crippen molar-refractivity contribution in [1.29, 1.82) is 0 Å². The van der Waals surface area contributed by atoms with E-state index in [1.165, 1.54) is 18.5 Å². The maximum absolute atomic E-state index is 12.0. The molecule has 19 heavy (non-hydrogen) atoms. The fraction of sp³-hybridized carbons (Fsp3) is 0.0833. The van der Waals surface area contributed by atoms with Crippen LogP contribution in [0.25, 0.3) is 0 Å². The molecule has 0 saturated carbocycles. The molecule has 0 aliphatic rings. The summed E-state index contributed by atoms with van der Waals surface area (Å²) in [5.41, 5.74) is 7.42. The molecule has 0 aromatic carbocycles. The van der Waals surface area contributed by atoms with Crippen molar-refractivity contribution >= 4 is 40.5 Å². The first kappa shape index (κ1) is 13.6. The van der Waals surface area contributed by atoms with E-state index in [0.717, 1.165) is 5.56 Å². The predicted molar refractivity (Wildman–Crippen MR) is 75.6 cm³/mol. The molecule has 7 heteroatoms. The highest BCUT2D eigenvalue weighted by atomic mass is 35.5. The monoisotopic (exact) mass is 296 g/mol. The number of nitrogen functional groups attached to an aromatic ring is 1. The number of pyridine rings is 2. The lowest BCUT2D eigenvalue weighted by Gasteiger charge is -2.07. The molecule has 5 nitrogen and oxygen atoms in total. The van der Waals surface area contributed by atoms with Crippen molar-refractivity contribution in [2.45, 2.75) is 6.92 Å². The van der Waals surface area contributed by atoms with Gasteiger partial charge >= 0.3 is 0 Å². The average molecular weight is 297 g/mol. The average Bonchev–Trinajstić information content (AvgIpc) is 2.36. The topological polar surface area (TPSA) is 80.9 Å². The molecule has 2 rings (SSSR count). The number of halogens is 2. The van der Waals surface area contributed by atoms with E-state index >= 15 is 0 Å². The van der Waals surface area contributed by atoms with Crippen molar-refractivity contribution in [3.8, 4) is 0 Å². The zero-order valence-corrected chi connectivity index (χ0v) is 11.5. The van der Waals surface area contributed by atoms with Crippen LogP contribution >= 0.6 is 23.2 Å². The first-order valence-corrected chi connectivity index (χ1v) is 6.07. The van der Waals surface area contributed by atoms with Gasteiger partial charge in [0.2, 0.25) is 0 Å². The van der Waals surface area contributed by atoms with Gasteiger partial charge in [0, 0.05) is 0 Å². The molecule has 0 unspecified atom stereocenters. The summed E-state index contributed by atoms with van der Waals surface area (Å²) >= 11 is 11.7. The molecule has 0 aliphatic carbocycles. The Balaban J connectivity index is 2.25. The van der Waals surface area contributed by atoms with Gasteiger partial charge in [-0.05, 0) is 24.6 Å². The second-order valence-corrected chi connectivity index (χ2v) is 4.61. The number of aryl methyl sites for hydroxylation is 1. The minimum atomic E-state index is -0.409. The summed E-state index contributed by atoms with van der Waals surface area (Å²) in [7, 11) is 0. The van der Waals surface area contributed by atoms with Crippen LogP contribution in [0.15, 0.2) is 24.5 Å². The fourth-order valence-electron chi connectivity index (χ4n) is 1.45. The number of hydrogen-bond acceptors (Lipinski definition) is 4. The smallest absolute Gasteiger partial charge is 0.258 e. The molecule has 0 radical (unpaired) electrons. The molecule has 1 amide bonds. The lowest BCUT2D eigenvalue weighted by Crippen LogP contribution is -2.13. The highest BCUT2D eigenvalue weighted by Gasteiger charge is 2.12. The zero-order chi connectivity index (χ0) is 14.0. The maximum atomic E-state index is 12.0. The lowest BCUT2D eigenvalue weighted by molar-refractivity contribution is 0.102. The third kappa shape index (κ3) is 3.13. The molecule has 3 N–H and O–H groups in total. The van der Waals surface area contributed by atoms with Gasteiger partial charge < -0.3 is 11.1 Å². The molecule has 98 valence electrons. The fourth-order valence-corrected chi connectivity index (χ4v) is 1.74. The van der Waals surface area contributed by atoms with E-state index in [1.54, 1.807) is 13.0 Å². The van der Waals surface area contributed by atoms with Crippen molar-refractivity contribution in [2.75, 3.05) is 11.1 Å². The Bertz CT molecular complexity index is 646. The summed E-state index contributed by atoms with van der Waals surface area (Å²) < 4.78 is 0. The summed E-state index contributed by atoms with van der Waals surface area (Å²) in [5, 5.41) is 3.13. The number of nitrogens with two attached hydrogens (primary N) is 1. The Hall–Kier alpha value is -1.85. The van der Waals surface area contributed by atoms with E-state index in [4.69, 9.17) is 28.9 Å². The zero-order valence-electron chi connectivity index (χ0n) is 9.95. The quantitative estimate of drug-likeness (QED) is 0.835. The number of amides is 1. The van der Waals surface area contributed by atoms with E-state index in [-0.39, 0.29) is 10.7 Å². The van der Waals surface area contributed by atoms with Crippen molar-refractivity contribution < 1.29 is 4.79 Å². The second-order valence-electron chi connectivity index (χ2n) is 3.89. The largest absolute Gasteiger partial charge is 0.397 e. The SMILES string of the molecule is Cc1cc(NC(=O)c2cc(N)cnc2Cl)cnc1Cl. The van der Waals surface area contributed by atoms with Crippen LogP contribution in [0.1, 0.15) is 15.9 Å². The number of hydrogen-bond donors (Lipinski definition) is 2. The molecule has 0 aliphatic heterocycles. The molecule has 2 heterocycles. The van der Waals surface area contributed by atoms with Crippen LogP contribution in [0.4, 0.5) is 11.4 Å². The molecular weight excluding hydrogens is 287 g/mol. The Labute approximate surface area is 119 Å². The van der Waals surface area contributed by atoms with Gasteiger partial charge in [-0.2, -0.15) is 0 Å². The van der Waals surface area contributed by atoms with E-state index < -0.39 is 5.91 Å². The van der Waals surface area contributed by atoms with Gasteiger partial charge in [0.15, 0.2) is 0 Å². The van der Waals surface area contributed by atoms with Crippen molar-refractivity contribution in [3.05, 3.63) is 46.0 Å². The number of carbonyl (C=O) groups excluding carboxylic acids is 1. The van der Waals surface area contributed by atoms with E-state index in [1.807, 2.05) is 0 Å². The Morgan fingerprint density at radius 3 is 2.58 bits per heavy atom. The van der Waals surface area contributed by atoms with Crippen molar-refractivity contribution in [2.24, 2.45) is 0 Å². The van der Waals surface area contributed by atoms with Crippen LogP contribution in [-0.2, 0) is 0 Å². The van der Waals surface area contributed by atoms with Crippen LogP contribution in [0, 0.1) is 6.92 Å². The van der Waals surface area contributed by atoms with Gasteiger partial charge in [-0.25, -0.2) is 9.97 Å². The first-order chi connectivity index (χ1) is 8.97. The van der Waals surface area contributed by atoms with E-state index in [9.17, 15) is 4.79 Å². The van der Waals surface area contributed by atoms with Crippen molar-refractivity contribution in [1.82, 2.24) is 9.97 Å². The standard InChI is InChI=1S/C12H10Cl2N4O/c1-6-2-8(5-17-10(6)13)18-12(19)9-3-7(15)4-16-11(9)14/h2-5H,15H2,1H3,(H,18,19). The molecular formula is C12H10Cl2N4O. The van der Waals surface area contributed by atoms with Crippen LogP contribution in [-0.4, -0.2) is 15.9 Å². The maximum Gasteiger partial charge on any atom is 0.258 e. The second kappa shape index (κ2) is 5.42. The van der Waals surface area contributed by atoms with Gasteiger partial charge in [0.1, 0.15) is 10.3 Å². The number of aromatic nitrogens is 2. The number of nitrogens with one attached hydrogen (secondary N) is 1. The first-order valence-electron chi connectivity index (χ1n) is 5.32. The number of nitrogens with zero attached hydrogens (tertiary/aromatic N) is 2. The summed E-state index contributed by atoms with van der Waals surface area (Å²) in [6, 6.07) is 3.17. The van der Waals surface area contributed by atoms with Crippen molar-refractivity contribution in [3.63, 3.8) is 0 Å². The normalized spacial score (nSPS) is 10.3. The Morgan fingerprint density at radius 1 is 1.21 bits per heavy atom. The summed E-state index contributed by atoms with van der Waals surface area (Å²) in [5.74, 6) is -0.409. The molecule has 2 aromatic rings. The molecule has 0 atom stereocenters. The molecule has 0 spiro atoms. The highest BCUT2D eigenvalue weighted by Crippen LogP contribution is 2.19. The highest BCUT2D eigenvalue weighted by molar-refractivity contribution is 6.33. The minimum Gasteiger partial charge on any atom is -0.397 e. The van der Waals surface area contributed by atoms with Crippen LogP contribution in [0.3, 0.4) is 0 Å². The molecule has 0 saturated heterocycles. The van der Waals surface area contributed by atoms with Gasteiger partial charge in [0.25, 0.3) is 5.91 Å². The number of rotatable bonds is 2.